The second-order valence-corrected chi connectivity index (χ2v) is 5.28. The van der Waals surface area contributed by atoms with E-state index in [1.165, 1.54) is 0 Å². The highest BCUT2D eigenvalue weighted by molar-refractivity contribution is 9.10. The van der Waals surface area contributed by atoms with Crippen molar-refractivity contribution in [1.29, 1.82) is 0 Å². The van der Waals surface area contributed by atoms with Gasteiger partial charge in [0, 0.05) is 27.8 Å². The number of amides is 1. The topological polar surface area (TPSA) is 38.3 Å². The second-order valence-electron chi connectivity index (χ2n) is 3.37. The standard InChI is InChI=1S/C11H16BrNO2S/c1-2-4-15-5-3-11(14)13-7-10-6-9(12)8-16-10/h6,8H,2-5,7H2,1H3,(H,13,14). The summed E-state index contributed by atoms with van der Waals surface area (Å²) in [4.78, 5) is 12.5. The van der Waals surface area contributed by atoms with Gasteiger partial charge in [-0.25, -0.2) is 0 Å². The number of ether oxygens (including phenoxy) is 1. The number of carbonyl (C=O) groups is 1. The molecular formula is C11H16BrNO2S. The van der Waals surface area contributed by atoms with Crippen LogP contribution in [-0.2, 0) is 16.1 Å². The highest BCUT2D eigenvalue weighted by Gasteiger charge is 2.02. The highest BCUT2D eigenvalue weighted by atomic mass is 79.9. The minimum atomic E-state index is 0.0422. The van der Waals surface area contributed by atoms with Crippen LogP contribution < -0.4 is 5.32 Å². The molecule has 0 atom stereocenters. The Morgan fingerprint density at radius 2 is 2.38 bits per heavy atom. The lowest BCUT2D eigenvalue weighted by molar-refractivity contribution is -0.122. The average molecular weight is 306 g/mol. The van der Waals surface area contributed by atoms with Crippen molar-refractivity contribution in [3.63, 3.8) is 0 Å². The fraction of sp³-hybridized carbons (Fsp3) is 0.545. The lowest BCUT2D eigenvalue weighted by atomic mass is 10.4. The van der Waals surface area contributed by atoms with Crippen LogP contribution >= 0.6 is 27.3 Å². The van der Waals surface area contributed by atoms with Crippen molar-refractivity contribution >= 4 is 33.2 Å². The predicted molar refractivity (Wildman–Crippen MR) is 69.6 cm³/mol. The van der Waals surface area contributed by atoms with Crippen LogP contribution in [0.25, 0.3) is 0 Å². The lowest BCUT2D eigenvalue weighted by Crippen LogP contribution is -2.23. The lowest BCUT2D eigenvalue weighted by Gasteiger charge is -2.04. The monoisotopic (exact) mass is 305 g/mol. The molecule has 0 saturated carbocycles. The molecule has 1 aromatic rings. The Kier molecular flexibility index (Phi) is 6.68. The van der Waals surface area contributed by atoms with E-state index in [1.54, 1.807) is 11.3 Å². The number of thiophene rings is 1. The van der Waals surface area contributed by atoms with E-state index in [1.807, 2.05) is 11.4 Å². The number of carbonyl (C=O) groups excluding carboxylic acids is 1. The summed E-state index contributed by atoms with van der Waals surface area (Å²) in [6, 6.07) is 2.01. The number of halogens is 1. The zero-order valence-corrected chi connectivity index (χ0v) is 11.7. The first-order chi connectivity index (χ1) is 7.72. The van der Waals surface area contributed by atoms with Crippen molar-refractivity contribution in [1.82, 2.24) is 5.32 Å². The van der Waals surface area contributed by atoms with Gasteiger partial charge in [-0.3, -0.25) is 4.79 Å². The maximum atomic E-state index is 11.4. The molecule has 90 valence electrons. The van der Waals surface area contributed by atoms with Gasteiger partial charge in [-0.1, -0.05) is 6.92 Å². The average Bonchev–Trinajstić information content (AvgIpc) is 2.68. The summed E-state index contributed by atoms with van der Waals surface area (Å²) in [5.74, 6) is 0.0422. The first-order valence-electron chi connectivity index (χ1n) is 5.29. The van der Waals surface area contributed by atoms with E-state index in [0.29, 0.717) is 19.6 Å². The van der Waals surface area contributed by atoms with E-state index in [-0.39, 0.29) is 5.91 Å². The van der Waals surface area contributed by atoms with Crippen LogP contribution in [0.1, 0.15) is 24.6 Å². The summed E-state index contributed by atoms with van der Waals surface area (Å²) in [6.45, 7) is 3.89. The minimum absolute atomic E-state index is 0.0422. The molecule has 1 N–H and O–H groups in total. The first kappa shape index (κ1) is 13.7. The van der Waals surface area contributed by atoms with E-state index >= 15 is 0 Å². The molecule has 0 aliphatic rings. The van der Waals surface area contributed by atoms with Crippen LogP contribution in [0.2, 0.25) is 0 Å². The maximum Gasteiger partial charge on any atom is 0.222 e. The van der Waals surface area contributed by atoms with Gasteiger partial charge in [-0.05, 0) is 28.4 Å². The van der Waals surface area contributed by atoms with Crippen LogP contribution in [0.4, 0.5) is 0 Å². The molecule has 1 amide bonds. The molecule has 0 fully saturated rings. The maximum absolute atomic E-state index is 11.4. The predicted octanol–water partition coefficient (Wildman–Crippen LogP) is 2.94. The van der Waals surface area contributed by atoms with Gasteiger partial charge in [-0.15, -0.1) is 11.3 Å². The van der Waals surface area contributed by atoms with Crippen molar-refractivity contribution in [3.8, 4) is 0 Å². The van der Waals surface area contributed by atoms with Crippen LogP contribution in [0, 0.1) is 0 Å². The van der Waals surface area contributed by atoms with Gasteiger partial charge in [0.1, 0.15) is 0 Å². The quantitative estimate of drug-likeness (QED) is 0.787. The van der Waals surface area contributed by atoms with Crippen LogP contribution in [0.15, 0.2) is 15.9 Å². The van der Waals surface area contributed by atoms with E-state index in [0.717, 1.165) is 22.4 Å². The Morgan fingerprint density at radius 1 is 1.56 bits per heavy atom. The summed E-state index contributed by atoms with van der Waals surface area (Å²) < 4.78 is 6.31. The van der Waals surface area contributed by atoms with Crippen molar-refractivity contribution in [2.24, 2.45) is 0 Å². The third kappa shape index (κ3) is 5.63. The Morgan fingerprint density at radius 3 is 3.00 bits per heavy atom. The molecule has 0 bridgehead atoms. The Labute approximate surface area is 108 Å². The molecule has 0 spiro atoms. The van der Waals surface area contributed by atoms with Crippen LogP contribution in [0.3, 0.4) is 0 Å². The summed E-state index contributed by atoms with van der Waals surface area (Å²) in [5, 5.41) is 4.87. The molecular weight excluding hydrogens is 290 g/mol. The molecule has 0 aromatic carbocycles. The minimum Gasteiger partial charge on any atom is -0.381 e. The smallest absolute Gasteiger partial charge is 0.222 e. The number of hydrogen-bond donors (Lipinski definition) is 1. The van der Waals surface area contributed by atoms with Gasteiger partial charge < -0.3 is 10.1 Å². The van der Waals surface area contributed by atoms with Gasteiger partial charge >= 0.3 is 0 Å². The third-order valence-corrected chi connectivity index (χ3v) is 3.60. The largest absolute Gasteiger partial charge is 0.381 e. The summed E-state index contributed by atoms with van der Waals surface area (Å²) in [6.07, 6.45) is 1.43. The molecule has 0 unspecified atom stereocenters. The van der Waals surface area contributed by atoms with Crippen LogP contribution in [0.5, 0.6) is 0 Å². The molecule has 0 aliphatic carbocycles. The molecule has 1 heterocycles. The third-order valence-electron chi connectivity index (χ3n) is 1.90. The SMILES string of the molecule is CCCOCCC(=O)NCc1cc(Br)cs1. The first-order valence-corrected chi connectivity index (χ1v) is 6.97. The molecule has 3 nitrogen and oxygen atoms in total. The molecule has 1 rings (SSSR count). The zero-order valence-electron chi connectivity index (χ0n) is 9.29. The zero-order chi connectivity index (χ0) is 11.8. The van der Waals surface area contributed by atoms with Crippen molar-refractivity contribution in [3.05, 3.63) is 20.8 Å². The summed E-state index contributed by atoms with van der Waals surface area (Å²) >= 11 is 5.01. The molecule has 16 heavy (non-hydrogen) atoms. The van der Waals surface area contributed by atoms with Crippen molar-refractivity contribution < 1.29 is 9.53 Å². The normalized spacial score (nSPS) is 10.4. The molecule has 5 heteroatoms. The Bertz CT molecular complexity index is 328. The molecule has 0 aliphatic heterocycles. The summed E-state index contributed by atoms with van der Waals surface area (Å²) in [7, 11) is 0. The van der Waals surface area contributed by atoms with Gasteiger partial charge in [0.05, 0.1) is 13.2 Å². The van der Waals surface area contributed by atoms with Gasteiger partial charge in [0.25, 0.3) is 0 Å². The number of rotatable bonds is 7. The van der Waals surface area contributed by atoms with Gasteiger partial charge in [-0.2, -0.15) is 0 Å². The van der Waals surface area contributed by atoms with E-state index < -0.39 is 0 Å². The van der Waals surface area contributed by atoms with Crippen molar-refractivity contribution in [2.45, 2.75) is 26.3 Å². The Balaban J connectivity index is 2.10. The van der Waals surface area contributed by atoms with Gasteiger partial charge in [0.2, 0.25) is 5.91 Å². The van der Waals surface area contributed by atoms with Crippen LogP contribution in [-0.4, -0.2) is 19.1 Å². The van der Waals surface area contributed by atoms with Gasteiger partial charge in [0.15, 0.2) is 0 Å². The van der Waals surface area contributed by atoms with E-state index in [2.05, 4.69) is 28.2 Å². The number of hydrogen-bond acceptors (Lipinski definition) is 3. The second kappa shape index (κ2) is 7.81. The van der Waals surface area contributed by atoms with E-state index in [9.17, 15) is 4.79 Å². The fourth-order valence-electron chi connectivity index (χ4n) is 1.13. The molecule has 0 saturated heterocycles. The fourth-order valence-corrected chi connectivity index (χ4v) is 2.52. The van der Waals surface area contributed by atoms with E-state index in [4.69, 9.17) is 4.74 Å². The van der Waals surface area contributed by atoms with Crippen molar-refractivity contribution in [2.75, 3.05) is 13.2 Å². The number of nitrogens with one attached hydrogen (secondary N) is 1. The molecule has 1 aromatic heterocycles. The molecule has 0 radical (unpaired) electrons. The highest BCUT2D eigenvalue weighted by Crippen LogP contribution is 2.19. The Hall–Kier alpha value is -0.390. The summed E-state index contributed by atoms with van der Waals surface area (Å²) in [5.41, 5.74) is 0.